The van der Waals surface area contributed by atoms with Crippen molar-refractivity contribution in [3.05, 3.63) is 11.6 Å². The minimum Gasteiger partial charge on any atom is -1.00 e. The van der Waals surface area contributed by atoms with Gasteiger partial charge in [-0.2, -0.15) is 8.42 Å². The summed E-state index contributed by atoms with van der Waals surface area (Å²) in [6, 6.07) is 0. The van der Waals surface area contributed by atoms with Crippen LogP contribution in [-0.4, -0.2) is 18.0 Å². The van der Waals surface area contributed by atoms with Crippen LogP contribution in [-0.2, 0) is 10.1 Å². The van der Waals surface area contributed by atoms with Crippen LogP contribution in [0.5, 0.6) is 0 Å². The molecular weight excluding hydrogens is 169 g/mol. The molecule has 0 radical (unpaired) electrons. The van der Waals surface area contributed by atoms with Gasteiger partial charge in [-0.05, 0) is 0 Å². The van der Waals surface area contributed by atoms with Gasteiger partial charge in [-0.15, -0.1) is 11.3 Å². The Kier molecular flexibility index (Phi) is 3.55. The number of aromatic nitrogens is 1. The first-order valence-corrected chi connectivity index (χ1v) is 4.29. The van der Waals surface area contributed by atoms with Crippen LogP contribution in [0.25, 0.3) is 0 Å². The van der Waals surface area contributed by atoms with Crippen molar-refractivity contribution in [3.8, 4) is 0 Å². The molecule has 0 aromatic carbocycles. The maximum atomic E-state index is 10.2. The summed E-state index contributed by atoms with van der Waals surface area (Å²) in [5, 5.41) is 1.48. The molecule has 1 rings (SSSR count). The molecule has 0 atom stereocenters. The van der Waals surface area contributed by atoms with E-state index in [4.69, 9.17) is 4.55 Å². The molecule has 0 fully saturated rings. The maximum absolute atomic E-state index is 10.2. The standard InChI is InChI=1S/C3H3NO3S2.Li.H/c5-9(6,7)3-4-1-2-8-3;;/h1-2H,(H,5,6,7);;/q;+1;-1. The molecular formula is C3H4LiNO3S2. The molecule has 10 heavy (non-hydrogen) atoms. The SMILES string of the molecule is O=S(=O)(O)c1nccs1.[H-].[Li+]. The molecule has 0 aliphatic carbocycles. The summed E-state index contributed by atoms with van der Waals surface area (Å²) in [6.07, 6.45) is 1.31. The molecule has 1 N–H and O–H groups in total. The van der Waals surface area contributed by atoms with Gasteiger partial charge < -0.3 is 1.43 Å². The zero-order valence-electron chi connectivity index (χ0n) is 6.18. The van der Waals surface area contributed by atoms with E-state index in [2.05, 4.69) is 4.98 Å². The fourth-order valence-electron chi connectivity index (χ4n) is 0.338. The van der Waals surface area contributed by atoms with Crippen molar-refractivity contribution in [1.82, 2.24) is 4.98 Å². The van der Waals surface area contributed by atoms with Gasteiger partial charge in [0.25, 0.3) is 0 Å². The first kappa shape index (κ1) is 10.1. The Labute approximate surface area is 75.7 Å². The smallest absolute Gasteiger partial charge is 1.00 e. The molecule has 1 heterocycles. The minimum absolute atomic E-state index is 0. The van der Waals surface area contributed by atoms with Crippen LogP contribution in [0.2, 0.25) is 0 Å². The Morgan fingerprint density at radius 2 is 2.30 bits per heavy atom. The molecule has 4 nitrogen and oxygen atoms in total. The van der Waals surface area contributed by atoms with Crippen LogP contribution in [0.3, 0.4) is 0 Å². The molecule has 0 bridgehead atoms. The quantitative estimate of drug-likeness (QED) is 0.377. The Bertz CT molecular complexity index is 284. The van der Waals surface area contributed by atoms with E-state index in [-0.39, 0.29) is 24.6 Å². The van der Waals surface area contributed by atoms with Crippen LogP contribution in [0.1, 0.15) is 1.43 Å². The Hall–Kier alpha value is 0.137. The molecule has 0 saturated carbocycles. The summed E-state index contributed by atoms with van der Waals surface area (Å²) in [5.74, 6) is 0. The summed E-state index contributed by atoms with van der Waals surface area (Å²) in [7, 11) is -4.05. The second-order valence-corrected chi connectivity index (χ2v) is 3.76. The summed E-state index contributed by atoms with van der Waals surface area (Å²) in [5.41, 5.74) is 0. The molecule has 0 aliphatic rings. The van der Waals surface area contributed by atoms with Gasteiger partial charge in [0.05, 0.1) is 0 Å². The van der Waals surface area contributed by atoms with Gasteiger partial charge in [0.2, 0.25) is 4.34 Å². The second-order valence-electron chi connectivity index (χ2n) is 1.27. The van der Waals surface area contributed by atoms with E-state index in [0.29, 0.717) is 0 Å². The van der Waals surface area contributed by atoms with Crippen molar-refractivity contribution in [3.63, 3.8) is 0 Å². The average Bonchev–Trinajstić information content (AvgIpc) is 2.08. The Morgan fingerprint density at radius 1 is 1.70 bits per heavy atom. The van der Waals surface area contributed by atoms with Crippen molar-refractivity contribution in [2.24, 2.45) is 0 Å². The topological polar surface area (TPSA) is 67.3 Å². The molecule has 0 amide bonds. The third kappa shape index (κ3) is 2.40. The first-order chi connectivity index (χ1) is 4.11. The predicted molar refractivity (Wildman–Crippen MR) is 33.0 cm³/mol. The summed E-state index contributed by atoms with van der Waals surface area (Å²) in [6.45, 7) is 0. The molecule has 0 aliphatic heterocycles. The normalized spacial score (nSPS) is 10.5. The van der Waals surface area contributed by atoms with Crippen LogP contribution in [0.4, 0.5) is 0 Å². The largest absolute Gasteiger partial charge is 1.00 e. The van der Waals surface area contributed by atoms with E-state index < -0.39 is 10.1 Å². The van der Waals surface area contributed by atoms with Gasteiger partial charge in [-0.25, -0.2) is 4.98 Å². The van der Waals surface area contributed by atoms with Gasteiger partial charge in [-0.3, -0.25) is 4.55 Å². The third-order valence-electron chi connectivity index (χ3n) is 0.630. The summed E-state index contributed by atoms with van der Waals surface area (Å²) < 4.78 is 28.4. The maximum Gasteiger partial charge on any atom is 1.00 e. The van der Waals surface area contributed by atoms with Gasteiger partial charge >= 0.3 is 29.0 Å². The second kappa shape index (κ2) is 3.51. The monoisotopic (exact) mass is 173 g/mol. The minimum atomic E-state index is -4.05. The molecule has 52 valence electrons. The molecule has 0 spiro atoms. The zero-order valence-corrected chi connectivity index (χ0v) is 6.82. The average molecular weight is 173 g/mol. The zero-order chi connectivity index (χ0) is 6.91. The van der Waals surface area contributed by atoms with E-state index in [9.17, 15) is 8.42 Å². The fraction of sp³-hybridized carbons (Fsp3) is 0. The Balaban J connectivity index is 0. The van der Waals surface area contributed by atoms with Gasteiger partial charge in [-0.1, -0.05) is 0 Å². The van der Waals surface area contributed by atoms with Crippen LogP contribution < -0.4 is 18.9 Å². The van der Waals surface area contributed by atoms with E-state index >= 15 is 0 Å². The van der Waals surface area contributed by atoms with Crippen molar-refractivity contribution < 1.29 is 33.3 Å². The van der Waals surface area contributed by atoms with Crippen molar-refractivity contribution >= 4 is 21.5 Å². The number of hydrogen-bond acceptors (Lipinski definition) is 4. The molecule has 7 heteroatoms. The van der Waals surface area contributed by atoms with E-state index in [1.807, 2.05) is 0 Å². The molecule has 1 aromatic rings. The summed E-state index contributed by atoms with van der Waals surface area (Å²) in [4.78, 5) is 3.37. The van der Waals surface area contributed by atoms with Crippen molar-refractivity contribution in [2.45, 2.75) is 4.34 Å². The van der Waals surface area contributed by atoms with Crippen molar-refractivity contribution in [1.29, 1.82) is 0 Å². The van der Waals surface area contributed by atoms with Crippen LogP contribution in [0.15, 0.2) is 15.9 Å². The third-order valence-corrected chi connectivity index (χ3v) is 2.66. The number of thiazole rings is 1. The van der Waals surface area contributed by atoms with E-state index in [1.54, 1.807) is 0 Å². The van der Waals surface area contributed by atoms with Gasteiger partial charge in [0.15, 0.2) is 0 Å². The number of nitrogens with zero attached hydrogens (tertiary/aromatic N) is 1. The van der Waals surface area contributed by atoms with Gasteiger partial charge in [0, 0.05) is 11.6 Å². The Morgan fingerprint density at radius 3 is 2.50 bits per heavy atom. The number of hydrogen-bond donors (Lipinski definition) is 1. The summed E-state index contributed by atoms with van der Waals surface area (Å²) >= 11 is 0.881. The number of rotatable bonds is 1. The van der Waals surface area contributed by atoms with E-state index in [0.717, 1.165) is 11.3 Å². The van der Waals surface area contributed by atoms with Crippen molar-refractivity contribution in [2.75, 3.05) is 0 Å². The molecule has 0 saturated heterocycles. The molecule has 0 unspecified atom stereocenters. The van der Waals surface area contributed by atoms with E-state index in [1.165, 1.54) is 11.6 Å². The van der Waals surface area contributed by atoms with Gasteiger partial charge in [0.1, 0.15) is 0 Å². The van der Waals surface area contributed by atoms with Crippen LogP contribution in [0, 0.1) is 0 Å². The molecule has 1 aromatic heterocycles. The first-order valence-electron chi connectivity index (χ1n) is 1.97. The predicted octanol–water partition coefficient (Wildman–Crippen LogP) is -2.49. The van der Waals surface area contributed by atoms with Crippen LogP contribution >= 0.6 is 11.3 Å². The fourth-order valence-corrected chi connectivity index (χ4v) is 1.54.